The number of ether oxygens (including phenoxy) is 2. The highest BCUT2D eigenvalue weighted by molar-refractivity contribution is 5.88. The summed E-state index contributed by atoms with van der Waals surface area (Å²) >= 11 is 0. The van der Waals surface area contributed by atoms with Gasteiger partial charge in [0.15, 0.2) is 5.96 Å². The van der Waals surface area contributed by atoms with Crippen molar-refractivity contribution >= 4 is 22.8 Å². The molecule has 1 amide bonds. The predicted octanol–water partition coefficient (Wildman–Crippen LogP) is 2.93. The van der Waals surface area contributed by atoms with E-state index in [-0.39, 0.29) is 11.3 Å². The van der Waals surface area contributed by atoms with Crippen molar-refractivity contribution in [1.29, 1.82) is 0 Å². The van der Waals surface area contributed by atoms with Gasteiger partial charge in [-0.05, 0) is 31.7 Å². The molecule has 1 heterocycles. The van der Waals surface area contributed by atoms with Crippen LogP contribution in [0.5, 0.6) is 11.5 Å². The van der Waals surface area contributed by atoms with Gasteiger partial charge in [-0.1, -0.05) is 12.8 Å². The van der Waals surface area contributed by atoms with E-state index in [2.05, 4.69) is 26.7 Å². The smallest absolute Gasteiger partial charge is 0.230 e. The van der Waals surface area contributed by atoms with Crippen molar-refractivity contribution in [2.75, 3.05) is 48.5 Å². The van der Waals surface area contributed by atoms with E-state index >= 15 is 0 Å². The van der Waals surface area contributed by atoms with E-state index < -0.39 is 0 Å². The Morgan fingerprint density at radius 2 is 1.91 bits per heavy atom. The first kappa shape index (κ1) is 23.8. The molecule has 176 valence electrons. The van der Waals surface area contributed by atoms with Crippen LogP contribution in [0, 0.1) is 5.41 Å². The third kappa shape index (κ3) is 5.29. The van der Waals surface area contributed by atoms with Gasteiger partial charge < -0.3 is 30.0 Å². The number of hydrogen-bond donors (Lipinski definition) is 3. The van der Waals surface area contributed by atoms with E-state index in [1.54, 1.807) is 26.2 Å². The lowest BCUT2D eigenvalue weighted by Crippen LogP contribution is -2.49. The van der Waals surface area contributed by atoms with Gasteiger partial charge in [-0.25, -0.2) is 0 Å². The lowest BCUT2D eigenvalue weighted by atomic mass is 9.84. The number of aromatic nitrogens is 1. The zero-order valence-electron chi connectivity index (χ0n) is 20.0. The van der Waals surface area contributed by atoms with Crippen LogP contribution in [0.1, 0.15) is 37.8 Å². The standard InChI is InChI=1S/C24H37N5O3/c1-25-23(27-16-24(10-6-7-11-24)22(30)29(2)3)26-12-8-9-17-13-19-20(28-17)14-18(31-4)15-21(19)32-5/h13-15,28H,6-12,16H2,1-5H3,(H2,25,26,27). The van der Waals surface area contributed by atoms with Crippen molar-refractivity contribution in [3.63, 3.8) is 0 Å². The molecule has 1 saturated carbocycles. The lowest BCUT2D eigenvalue weighted by molar-refractivity contribution is -0.138. The minimum absolute atomic E-state index is 0.212. The SMILES string of the molecule is CN=C(NCCCc1cc2c(OC)cc(OC)cc2[nH]1)NCC1(C(=O)N(C)C)CCCC1. The number of nitrogens with zero attached hydrogens (tertiary/aromatic N) is 2. The highest BCUT2D eigenvalue weighted by Crippen LogP contribution is 2.39. The van der Waals surface area contributed by atoms with Gasteiger partial charge in [0, 0.05) is 57.4 Å². The van der Waals surface area contributed by atoms with Crippen LogP contribution in [0.3, 0.4) is 0 Å². The number of guanidine groups is 1. The maximum Gasteiger partial charge on any atom is 0.230 e. The molecule has 0 bridgehead atoms. The molecule has 0 spiro atoms. The maximum atomic E-state index is 12.8. The lowest BCUT2D eigenvalue weighted by Gasteiger charge is -2.31. The highest BCUT2D eigenvalue weighted by Gasteiger charge is 2.42. The molecule has 0 unspecified atom stereocenters. The number of amides is 1. The Kier molecular flexibility index (Phi) is 7.88. The largest absolute Gasteiger partial charge is 0.497 e. The van der Waals surface area contributed by atoms with Crippen molar-refractivity contribution in [2.24, 2.45) is 10.4 Å². The summed E-state index contributed by atoms with van der Waals surface area (Å²) in [6.45, 7) is 1.40. The summed E-state index contributed by atoms with van der Waals surface area (Å²) in [6, 6.07) is 6.02. The number of fused-ring (bicyclic) bond motifs is 1. The summed E-state index contributed by atoms with van der Waals surface area (Å²) < 4.78 is 10.9. The molecular formula is C24H37N5O3. The zero-order chi connectivity index (χ0) is 23.1. The Balaban J connectivity index is 1.51. The van der Waals surface area contributed by atoms with Gasteiger partial charge in [-0.3, -0.25) is 9.79 Å². The summed E-state index contributed by atoms with van der Waals surface area (Å²) in [5.74, 6) is 2.53. The topological polar surface area (TPSA) is 91.0 Å². The van der Waals surface area contributed by atoms with Crippen LogP contribution in [-0.2, 0) is 11.2 Å². The minimum Gasteiger partial charge on any atom is -0.497 e. The number of benzene rings is 1. The first-order chi connectivity index (χ1) is 15.4. The minimum atomic E-state index is -0.314. The molecule has 0 radical (unpaired) electrons. The average Bonchev–Trinajstić information content (AvgIpc) is 3.44. The molecule has 1 aromatic carbocycles. The van der Waals surface area contributed by atoms with Crippen LogP contribution in [0.2, 0.25) is 0 Å². The Morgan fingerprint density at radius 3 is 2.53 bits per heavy atom. The number of methoxy groups -OCH3 is 2. The van der Waals surface area contributed by atoms with Crippen molar-refractivity contribution in [3.8, 4) is 11.5 Å². The summed E-state index contributed by atoms with van der Waals surface area (Å²) in [7, 11) is 8.77. The molecule has 1 aliphatic rings. The summed E-state index contributed by atoms with van der Waals surface area (Å²) in [5.41, 5.74) is 1.85. The second kappa shape index (κ2) is 10.6. The summed E-state index contributed by atoms with van der Waals surface area (Å²) in [6.07, 6.45) is 5.91. The monoisotopic (exact) mass is 443 g/mol. The molecule has 0 aliphatic heterocycles. The fraction of sp³-hybridized carbons (Fsp3) is 0.583. The Bertz CT molecular complexity index is 945. The first-order valence-corrected chi connectivity index (χ1v) is 11.3. The number of aryl methyl sites for hydroxylation is 1. The second-order valence-electron chi connectivity index (χ2n) is 8.73. The van der Waals surface area contributed by atoms with Gasteiger partial charge in [0.2, 0.25) is 5.91 Å². The average molecular weight is 444 g/mol. The fourth-order valence-corrected chi connectivity index (χ4v) is 4.61. The van der Waals surface area contributed by atoms with Gasteiger partial charge >= 0.3 is 0 Å². The molecule has 2 aromatic rings. The molecule has 1 aliphatic carbocycles. The van der Waals surface area contributed by atoms with E-state index in [1.807, 2.05) is 26.2 Å². The maximum absolute atomic E-state index is 12.8. The molecule has 8 nitrogen and oxygen atoms in total. The van der Waals surface area contributed by atoms with Gasteiger partial charge in [0.1, 0.15) is 11.5 Å². The third-order valence-corrected chi connectivity index (χ3v) is 6.34. The van der Waals surface area contributed by atoms with Crippen molar-refractivity contribution in [3.05, 3.63) is 23.9 Å². The van der Waals surface area contributed by atoms with E-state index in [1.165, 1.54) is 0 Å². The zero-order valence-corrected chi connectivity index (χ0v) is 20.0. The van der Waals surface area contributed by atoms with Crippen LogP contribution >= 0.6 is 0 Å². The predicted molar refractivity (Wildman–Crippen MR) is 129 cm³/mol. The van der Waals surface area contributed by atoms with Gasteiger partial charge in [0.05, 0.1) is 25.2 Å². The number of nitrogens with one attached hydrogen (secondary N) is 3. The van der Waals surface area contributed by atoms with Crippen molar-refractivity contribution < 1.29 is 14.3 Å². The van der Waals surface area contributed by atoms with Gasteiger partial charge in [-0.15, -0.1) is 0 Å². The number of carbonyl (C=O) groups excluding carboxylic acids is 1. The highest BCUT2D eigenvalue weighted by atomic mass is 16.5. The Morgan fingerprint density at radius 1 is 1.16 bits per heavy atom. The normalized spacial score (nSPS) is 15.6. The van der Waals surface area contributed by atoms with Crippen LogP contribution < -0.4 is 20.1 Å². The number of carbonyl (C=O) groups is 1. The second-order valence-corrected chi connectivity index (χ2v) is 8.73. The first-order valence-electron chi connectivity index (χ1n) is 11.3. The number of aromatic amines is 1. The third-order valence-electron chi connectivity index (χ3n) is 6.34. The quantitative estimate of drug-likeness (QED) is 0.315. The van der Waals surface area contributed by atoms with Gasteiger partial charge in [-0.2, -0.15) is 0 Å². The number of rotatable bonds is 9. The Hall–Kier alpha value is -2.90. The van der Waals surface area contributed by atoms with Crippen molar-refractivity contribution in [1.82, 2.24) is 20.5 Å². The molecule has 32 heavy (non-hydrogen) atoms. The number of hydrogen-bond acceptors (Lipinski definition) is 4. The van der Waals surface area contributed by atoms with E-state index in [0.29, 0.717) is 6.54 Å². The van der Waals surface area contributed by atoms with Gasteiger partial charge in [0.25, 0.3) is 0 Å². The Labute approximate surface area is 190 Å². The molecule has 1 fully saturated rings. The summed E-state index contributed by atoms with van der Waals surface area (Å²) in [4.78, 5) is 22.3. The molecule has 1 aromatic heterocycles. The van der Waals surface area contributed by atoms with Crippen LogP contribution in [0.4, 0.5) is 0 Å². The molecule has 0 saturated heterocycles. The fourth-order valence-electron chi connectivity index (χ4n) is 4.61. The van der Waals surface area contributed by atoms with Crippen LogP contribution in [-0.4, -0.2) is 70.2 Å². The van der Waals surface area contributed by atoms with Crippen LogP contribution in [0.25, 0.3) is 10.9 Å². The van der Waals surface area contributed by atoms with E-state index in [0.717, 1.165) is 79.1 Å². The molecule has 0 atom stereocenters. The van der Waals surface area contributed by atoms with E-state index in [9.17, 15) is 4.79 Å². The van der Waals surface area contributed by atoms with Crippen molar-refractivity contribution in [2.45, 2.75) is 38.5 Å². The van der Waals surface area contributed by atoms with Crippen LogP contribution in [0.15, 0.2) is 23.2 Å². The van der Waals surface area contributed by atoms with E-state index in [4.69, 9.17) is 9.47 Å². The molecule has 3 rings (SSSR count). The molecule has 3 N–H and O–H groups in total. The summed E-state index contributed by atoms with van der Waals surface area (Å²) in [5, 5.41) is 7.82. The molecule has 8 heteroatoms. The molecular weight excluding hydrogens is 406 g/mol. The number of H-pyrrole nitrogens is 1. The number of aliphatic imine (C=N–C) groups is 1.